The average molecular weight is 223 g/mol. The van der Waals surface area contributed by atoms with E-state index in [1.54, 1.807) is 7.11 Å². The molecule has 2 nitrogen and oxygen atoms in total. The molecule has 0 aromatic heterocycles. The van der Waals surface area contributed by atoms with Gasteiger partial charge in [0, 0.05) is 18.2 Å². The number of hydrogen-bond donors (Lipinski definition) is 1. The summed E-state index contributed by atoms with van der Waals surface area (Å²) in [6.07, 6.45) is 8.61. The zero-order valence-corrected chi connectivity index (χ0v) is 10.9. The SMILES string of the molecule is C=CC1(C)CCCC(N)=CC1(CC)COC. The minimum atomic E-state index is 0.00405. The lowest BCUT2D eigenvalue weighted by atomic mass is 9.61. The Kier molecular flexibility index (Phi) is 4.20. The molecular formula is C14H25NO. The van der Waals surface area contributed by atoms with E-state index in [0.717, 1.165) is 31.4 Å². The highest BCUT2D eigenvalue weighted by molar-refractivity contribution is 5.19. The van der Waals surface area contributed by atoms with E-state index in [4.69, 9.17) is 10.5 Å². The summed E-state index contributed by atoms with van der Waals surface area (Å²) in [7, 11) is 1.76. The smallest absolute Gasteiger partial charge is 0.0562 e. The normalized spacial score (nSPS) is 35.3. The fourth-order valence-electron chi connectivity index (χ4n) is 2.88. The van der Waals surface area contributed by atoms with Gasteiger partial charge in [0.15, 0.2) is 0 Å². The van der Waals surface area contributed by atoms with Gasteiger partial charge in [0.1, 0.15) is 0 Å². The molecule has 0 radical (unpaired) electrons. The molecule has 1 rings (SSSR count). The van der Waals surface area contributed by atoms with Crippen LogP contribution in [0.3, 0.4) is 0 Å². The van der Waals surface area contributed by atoms with E-state index in [0.29, 0.717) is 6.61 Å². The number of methoxy groups -OCH3 is 1. The molecule has 16 heavy (non-hydrogen) atoms. The lowest BCUT2D eigenvalue weighted by molar-refractivity contribution is 0.0317. The Morgan fingerprint density at radius 3 is 2.81 bits per heavy atom. The monoisotopic (exact) mass is 223 g/mol. The first kappa shape index (κ1) is 13.3. The van der Waals surface area contributed by atoms with Crippen LogP contribution >= 0.6 is 0 Å². The van der Waals surface area contributed by atoms with Crippen LogP contribution in [0.2, 0.25) is 0 Å². The third-order valence-corrected chi connectivity index (χ3v) is 4.24. The van der Waals surface area contributed by atoms with Gasteiger partial charge in [-0.3, -0.25) is 0 Å². The van der Waals surface area contributed by atoms with E-state index in [-0.39, 0.29) is 10.8 Å². The second-order valence-corrected chi connectivity index (χ2v) is 5.14. The molecule has 0 saturated heterocycles. The molecule has 1 aliphatic rings. The van der Waals surface area contributed by atoms with E-state index in [2.05, 4.69) is 32.6 Å². The quantitative estimate of drug-likeness (QED) is 0.743. The van der Waals surface area contributed by atoms with Crippen LogP contribution in [0.4, 0.5) is 0 Å². The van der Waals surface area contributed by atoms with Crippen LogP contribution in [0, 0.1) is 10.8 Å². The Bertz CT molecular complexity index is 284. The molecule has 1 aliphatic carbocycles. The van der Waals surface area contributed by atoms with Crippen molar-refractivity contribution in [3.05, 3.63) is 24.4 Å². The molecule has 92 valence electrons. The van der Waals surface area contributed by atoms with Crippen molar-refractivity contribution < 1.29 is 4.74 Å². The van der Waals surface area contributed by atoms with Crippen LogP contribution in [-0.2, 0) is 4.74 Å². The van der Waals surface area contributed by atoms with Gasteiger partial charge >= 0.3 is 0 Å². The first-order chi connectivity index (χ1) is 7.53. The zero-order valence-electron chi connectivity index (χ0n) is 10.9. The van der Waals surface area contributed by atoms with Crippen LogP contribution in [-0.4, -0.2) is 13.7 Å². The van der Waals surface area contributed by atoms with Gasteiger partial charge in [-0.25, -0.2) is 0 Å². The molecule has 0 heterocycles. The number of ether oxygens (including phenoxy) is 1. The van der Waals surface area contributed by atoms with Gasteiger partial charge in [-0.05, 0) is 31.1 Å². The first-order valence-electron chi connectivity index (χ1n) is 6.13. The average Bonchev–Trinajstić information content (AvgIpc) is 2.38. The van der Waals surface area contributed by atoms with Crippen molar-refractivity contribution in [1.82, 2.24) is 0 Å². The van der Waals surface area contributed by atoms with Gasteiger partial charge in [0.05, 0.1) is 6.61 Å². The Morgan fingerprint density at radius 2 is 2.31 bits per heavy atom. The fraction of sp³-hybridized carbons (Fsp3) is 0.714. The summed E-state index contributed by atoms with van der Waals surface area (Å²) in [6.45, 7) is 9.22. The summed E-state index contributed by atoms with van der Waals surface area (Å²) in [6, 6.07) is 0. The highest BCUT2D eigenvalue weighted by Crippen LogP contribution is 2.50. The Labute approximate surface area is 99.6 Å². The number of nitrogens with two attached hydrogens (primary N) is 1. The van der Waals surface area contributed by atoms with E-state index >= 15 is 0 Å². The maximum atomic E-state index is 6.06. The predicted octanol–water partition coefficient (Wildman–Crippen LogP) is 3.25. The van der Waals surface area contributed by atoms with Crippen LogP contribution in [0.15, 0.2) is 24.4 Å². The molecule has 0 bridgehead atoms. The number of hydrogen-bond acceptors (Lipinski definition) is 2. The molecule has 0 aliphatic heterocycles. The van der Waals surface area contributed by atoms with Gasteiger partial charge in [-0.1, -0.05) is 26.0 Å². The minimum absolute atomic E-state index is 0.00405. The minimum Gasteiger partial charge on any atom is -0.402 e. The number of rotatable bonds is 4. The summed E-state index contributed by atoms with van der Waals surface area (Å²) in [5.74, 6) is 0. The second-order valence-electron chi connectivity index (χ2n) is 5.14. The van der Waals surface area contributed by atoms with Crippen molar-refractivity contribution in [3.63, 3.8) is 0 Å². The molecule has 0 amide bonds. The van der Waals surface area contributed by atoms with Crippen molar-refractivity contribution in [2.75, 3.05) is 13.7 Å². The van der Waals surface area contributed by atoms with Crippen LogP contribution in [0.1, 0.15) is 39.5 Å². The van der Waals surface area contributed by atoms with Gasteiger partial charge in [0.25, 0.3) is 0 Å². The van der Waals surface area contributed by atoms with Crippen LogP contribution in [0.25, 0.3) is 0 Å². The maximum absolute atomic E-state index is 6.06. The molecule has 0 fully saturated rings. The van der Waals surface area contributed by atoms with Crippen molar-refractivity contribution in [3.8, 4) is 0 Å². The fourth-order valence-corrected chi connectivity index (χ4v) is 2.88. The largest absolute Gasteiger partial charge is 0.402 e. The third kappa shape index (κ3) is 2.17. The summed E-state index contributed by atoms with van der Waals surface area (Å²) in [5.41, 5.74) is 7.15. The summed E-state index contributed by atoms with van der Waals surface area (Å²) in [5, 5.41) is 0. The zero-order chi connectivity index (χ0) is 12.2. The predicted molar refractivity (Wildman–Crippen MR) is 69.0 cm³/mol. The Morgan fingerprint density at radius 1 is 1.62 bits per heavy atom. The van der Waals surface area contributed by atoms with E-state index in [9.17, 15) is 0 Å². The van der Waals surface area contributed by atoms with Crippen molar-refractivity contribution in [2.24, 2.45) is 16.6 Å². The molecule has 0 aromatic carbocycles. The van der Waals surface area contributed by atoms with E-state index in [1.165, 1.54) is 0 Å². The van der Waals surface area contributed by atoms with Gasteiger partial charge in [0.2, 0.25) is 0 Å². The first-order valence-corrected chi connectivity index (χ1v) is 6.13. The highest BCUT2D eigenvalue weighted by atomic mass is 16.5. The van der Waals surface area contributed by atoms with Crippen LogP contribution < -0.4 is 5.73 Å². The molecular weight excluding hydrogens is 198 g/mol. The standard InChI is InChI=1S/C14H25NO/c1-5-13(3)9-7-8-12(15)10-14(13,6-2)11-16-4/h5,10H,1,6-9,11,15H2,2-4H3. The molecule has 0 aromatic rings. The van der Waals surface area contributed by atoms with Crippen molar-refractivity contribution >= 4 is 0 Å². The van der Waals surface area contributed by atoms with Crippen molar-refractivity contribution in [2.45, 2.75) is 39.5 Å². The summed E-state index contributed by atoms with van der Waals surface area (Å²) in [4.78, 5) is 0. The van der Waals surface area contributed by atoms with Gasteiger partial charge in [-0.15, -0.1) is 6.58 Å². The molecule has 2 heteroatoms. The Balaban J connectivity index is 3.19. The van der Waals surface area contributed by atoms with Crippen LogP contribution in [0.5, 0.6) is 0 Å². The van der Waals surface area contributed by atoms with E-state index < -0.39 is 0 Å². The summed E-state index contributed by atoms with van der Waals surface area (Å²) >= 11 is 0. The Hall–Kier alpha value is -0.760. The topological polar surface area (TPSA) is 35.2 Å². The summed E-state index contributed by atoms with van der Waals surface area (Å²) < 4.78 is 5.43. The molecule has 2 atom stereocenters. The molecule has 0 spiro atoms. The van der Waals surface area contributed by atoms with Gasteiger partial charge in [-0.2, -0.15) is 0 Å². The lowest BCUT2D eigenvalue weighted by Gasteiger charge is -2.44. The van der Waals surface area contributed by atoms with Gasteiger partial charge < -0.3 is 10.5 Å². The number of allylic oxidation sites excluding steroid dienone is 2. The third-order valence-electron chi connectivity index (χ3n) is 4.24. The lowest BCUT2D eigenvalue weighted by Crippen LogP contribution is -2.40. The molecule has 2 N–H and O–H groups in total. The maximum Gasteiger partial charge on any atom is 0.0562 e. The molecule has 0 saturated carbocycles. The van der Waals surface area contributed by atoms with Crippen molar-refractivity contribution in [1.29, 1.82) is 0 Å². The second kappa shape index (κ2) is 5.05. The van der Waals surface area contributed by atoms with E-state index in [1.807, 2.05) is 0 Å². The highest BCUT2D eigenvalue weighted by Gasteiger charge is 2.44. The molecule has 2 unspecified atom stereocenters.